The zero-order valence-electron chi connectivity index (χ0n) is 19.1. The van der Waals surface area contributed by atoms with Crippen LogP contribution in [0.4, 0.5) is 5.69 Å². The van der Waals surface area contributed by atoms with Crippen LogP contribution >= 0.6 is 0 Å². The first kappa shape index (κ1) is 22.3. The molecule has 2 heterocycles. The number of nitrogens with one attached hydrogen (secondary N) is 1. The molecular weight excluding hydrogens is 416 g/mol. The minimum Gasteiger partial charge on any atom is -0.481 e. The number of para-hydroxylation sites is 1. The fraction of sp³-hybridized carbons (Fsp3) is 0.269. The van der Waals surface area contributed by atoms with Crippen molar-refractivity contribution in [3.8, 4) is 0 Å². The molecule has 0 radical (unpaired) electrons. The van der Waals surface area contributed by atoms with Crippen LogP contribution in [0.1, 0.15) is 46.9 Å². The number of rotatable bonds is 8. The van der Waals surface area contributed by atoms with E-state index in [0.717, 1.165) is 39.8 Å². The van der Waals surface area contributed by atoms with Gasteiger partial charge in [0, 0.05) is 34.9 Å². The monoisotopic (exact) mass is 444 g/mol. The second kappa shape index (κ2) is 9.32. The number of aliphatic carboxylic acids is 1. The van der Waals surface area contributed by atoms with Crippen molar-refractivity contribution in [2.24, 2.45) is 7.05 Å². The quantitative estimate of drug-likeness (QED) is 0.421. The van der Waals surface area contributed by atoms with Gasteiger partial charge in [-0.2, -0.15) is 5.10 Å². The van der Waals surface area contributed by atoms with E-state index in [-0.39, 0.29) is 12.3 Å². The first-order valence-electron chi connectivity index (χ1n) is 11.1. The summed E-state index contributed by atoms with van der Waals surface area (Å²) in [6, 6.07) is 17.5. The standard InChI is InChI=1S/C26H28N4O3/c1-4-21-20(15-25(31)32)22(5-2)30(28-21)16-17-10-12-19(13-11-17)27-26(33)24-14-18-8-6-7-9-23(18)29(24)3/h6-14H,4-5,15-16H2,1-3H3,(H,27,33)(H,31,32). The Labute approximate surface area is 192 Å². The summed E-state index contributed by atoms with van der Waals surface area (Å²) in [6.07, 6.45) is 1.40. The van der Waals surface area contributed by atoms with Gasteiger partial charge in [0.25, 0.3) is 5.91 Å². The molecule has 2 N–H and O–H groups in total. The number of anilines is 1. The number of aromatic nitrogens is 3. The van der Waals surface area contributed by atoms with Crippen LogP contribution < -0.4 is 5.32 Å². The number of carboxylic acid groups (broad SMARTS) is 1. The summed E-state index contributed by atoms with van der Waals surface area (Å²) in [5.41, 5.74) is 5.98. The maximum atomic E-state index is 12.8. The van der Waals surface area contributed by atoms with E-state index in [0.29, 0.717) is 24.3 Å². The lowest BCUT2D eigenvalue weighted by molar-refractivity contribution is -0.136. The normalized spacial score (nSPS) is 11.1. The van der Waals surface area contributed by atoms with Gasteiger partial charge in [0.2, 0.25) is 0 Å². The highest BCUT2D eigenvalue weighted by atomic mass is 16.4. The van der Waals surface area contributed by atoms with Gasteiger partial charge in [-0.15, -0.1) is 0 Å². The van der Waals surface area contributed by atoms with E-state index >= 15 is 0 Å². The number of benzene rings is 2. The SMILES string of the molecule is CCc1nn(Cc2ccc(NC(=O)c3cc4ccccc4n3C)cc2)c(CC)c1CC(=O)O. The van der Waals surface area contributed by atoms with Crippen LogP contribution in [0, 0.1) is 0 Å². The maximum Gasteiger partial charge on any atom is 0.307 e. The molecule has 4 rings (SSSR count). The molecular formula is C26H28N4O3. The van der Waals surface area contributed by atoms with Gasteiger partial charge in [0.15, 0.2) is 0 Å². The van der Waals surface area contributed by atoms with Gasteiger partial charge in [-0.25, -0.2) is 0 Å². The van der Waals surface area contributed by atoms with E-state index in [1.807, 2.05) is 84.7 Å². The van der Waals surface area contributed by atoms with Crippen LogP contribution in [0.25, 0.3) is 10.9 Å². The molecule has 33 heavy (non-hydrogen) atoms. The van der Waals surface area contributed by atoms with Gasteiger partial charge in [0.05, 0.1) is 18.7 Å². The third kappa shape index (κ3) is 4.53. The van der Waals surface area contributed by atoms with E-state index < -0.39 is 5.97 Å². The van der Waals surface area contributed by atoms with Crippen molar-refractivity contribution in [1.29, 1.82) is 0 Å². The molecule has 0 aliphatic carbocycles. The lowest BCUT2D eigenvalue weighted by Crippen LogP contribution is -2.15. The minimum atomic E-state index is -0.842. The molecule has 1 amide bonds. The largest absolute Gasteiger partial charge is 0.481 e. The van der Waals surface area contributed by atoms with E-state index in [1.165, 1.54) is 0 Å². The van der Waals surface area contributed by atoms with Crippen molar-refractivity contribution in [3.63, 3.8) is 0 Å². The molecule has 0 spiro atoms. The Morgan fingerprint density at radius 3 is 2.39 bits per heavy atom. The molecule has 0 bridgehead atoms. The van der Waals surface area contributed by atoms with Crippen LogP contribution in [0.5, 0.6) is 0 Å². The predicted octanol–water partition coefficient (Wildman–Crippen LogP) is 4.43. The van der Waals surface area contributed by atoms with Crippen molar-refractivity contribution >= 4 is 28.5 Å². The molecule has 2 aromatic carbocycles. The van der Waals surface area contributed by atoms with E-state index in [2.05, 4.69) is 10.4 Å². The Balaban J connectivity index is 1.51. The van der Waals surface area contributed by atoms with E-state index in [9.17, 15) is 14.7 Å². The number of carbonyl (C=O) groups excluding carboxylic acids is 1. The number of hydrogen-bond acceptors (Lipinski definition) is 3. The molecule has 0 aliphatic heterocycles. The molecule has 0 aliphatic rings. The summed E-state index contributed by atoms with van der Waals surface area (Å²) in [5.74, 6) is -1.00. The summed E-state index contributed by atoms with van der Waals surface area (Å²) in [5, 5.41) is 17.9. The highest BCUT2D eigenvalue weighted by Gasteiger charge is 2.18. The Morgan fingerprint density at radius 1 is 1.03 bits per heavy atom. The van der Waals surface area contributed by atoms with Gasteiger partial charge in [0.1, 0.15) is 5.69 Å². The van der Waals surface area contributed by atoms with Gasteiger partial charge in [-0.1, -0.05) is 44.2 Å². The smallest absolute Gasteiger partial charge is 0.307 e. The van der Waals surface area contributed by atoms with Crippen LogP contribution in [0.2, 0.25) is 0 Å². The van der Waals surface area contributed by atoms with Crippen LogP contribution in [0.15, 0.2) is 54.6 Å². The Hall–Kier alpha value is -3.87. The Kier molecular flexibility index (Phi) is 6.31. The summed E-state index contributed by atoms with van der Waals surface area (Å²) >= 11 is 0. The zero-order chi connectivity index (χ0) is 23.5. The molecule has 7 nitrogen and oxygen atoms in total. The maximum absolute atomic E-state index is 12.8. The Bertz CT molecular complexity index is 1320. The topological polar surface area (TPSA) is 89.2 Å². The average molecular weight is 445 g/mol. The first-order chi connectivity index (χ1) is 15.9. The third-order valence-electron chi connectivity index (χ3n) is 5.98. The summed E-state index contributed by atoms with van der Waals surface area (Å²) in [6.45, 7) is 4.56. The number of nitrogens with zero attached hydrogens (tertiary/aromatic N) is 3. The van der Waals surface area contributed by atoms with Crippen LogP contribution in [0.3, 0.4) is 0 Å². The average Bonchev–Trinajstić information content (AvgIpc) is 3.31. The number of aryl methyl sites for hydroxylation is 2. The van der Waals surface area contributed by atoms with Gasteiger partial charge in [-0.05, 0) is 42.7 Å². The second-order valence-electron chi connectivity index (χ2n) is 8.11. The molecule has 0 fully saturated rings. The molecule has 7 heteroatoms. The summed E-state index contributed by atoms with van der Waals surface area (Å²) in [7, 11) is 1.89. The lowest BCUT2D eigenvalue weighted by Gasteiger charge is -2.10. The number of amides is 1. The van der Waals surface area contributed by atoms with Gasteiger partial charge >= 0.3 is 5.97 Å². The Morgan fingerprint density at radius 2 is 1.76 bits per heavy atom. The van der Waals surface area contributed by atoms with Crippen LogP contribution in [-0.4, -0.2) is 31.3 Å². The van der Waals surface area contributed by atoms with E-state index in [4.69, 9.17) is 0 Å². The highest BCUT2D eigenvalue weighted by molar-refractivity contribution is 6.06. The highest BCUT2D eigenvalue weighted by Crippen LogP contribution is 2.21. The zero-order valence-corrected chi connectivity index (χ0v) is 19.1. The van der Waals surface area contributed by atoms with Gasteiger partial charge in [-0.3, -0.25) is 14.3 Å². The molecule has 0 saturated carbocycles. The fourth-order valence-electron chi connectivity index (χ4n) is 4.32. The summed E-state index contributed by atoms with van der Waals surface area (Å²) < 4.78 is 3.79. The predicted molar refractivity (Wildman–Crippen MR) is 129 cm³/mol. The minimum absolute atomic E-state index is 0.00845. The van der Waals surface area contributed by atoms with Crippen molar-refractivity contribution in [2.75, 3.05) is 5.32 Å². The lowest BCUT2D eigenvalue weighted by atomic mass is 10.1. The molecule has 0 unspecified atom stereocenters. The molecule has 170 valence electrons. The molecule has 2 aromatic heterocycles. The number of carboxylic acids is 1. The van der Waals surface area contributed by atoms with Crippen molar-refractivity contribution in [3.05, 3.63) is 82.8 Å². The second-order valence-corrected chi connectivity index (χ2v) is 8.11. The van der Waals surface area contributed by atoms with Gasteiger partial charge < -0.3 is 15.0 Å². The fourth-order valence-corrected chi connectivity index (χ4v) is 4.32. The first-order valence-corrected chi connectivity index (χ1v) is 11.1. The molecule has 0 saturated heterocycles. The van der Waals surface area contributed by atoms with Crippen molar-refractivity contribution in [1.82, 2.24) is 14.3 Å². The number of fused-ring (bicyclic) bond motifs is 1. The van der Waals surface area contributed by atoms with Crippen LogP contribution in [-0.2, 0) is 37.6 Å². The summed E-state index contributed by atoms with van der Waals surface area (Å²) in [4.78, 5) is 24.1. The third-order valence-corrected chi connectivity index (χ3v) is 5.98. The molecule has 0 atom stereocenters. The van der Waals surface area contributed by atoms with E-state index in [1.54, 1.807) is 0 Å². The van der Waals surface area contributed by atoms with Crippen molar-refractivity contribution < 1.29 is 14.7 Å². The number of hydrogen-bond donors (Lipinski definition) is 2. The molecule has 4 aromatic rings. The number of carbonyl (C=O) groups is 2. The van der Waals surface area contributed by atoms with Crippen molar-refractivity contribution in [2.45, 2.75) is 39.7 Å².